The quantitative estimate of drug-likeness (QED) is 0.840. The van der Waals surface area contributed by atoms with E-state index in [1.165, 1.54) is 19.3 Å². The molecule has 5 rings (SSSR count). The number of rotatable bonds is 5. The molecule has 1 heterocycles. The van der Waals surface area contributed by atoms with E-state index >= 15 is 0 Å². The summed E-state index contributed by atoms with van der Waals surface area (Å²) in [7, 11) is -1.12. The highest BCUT2D eigenvalue weighted by atomic mass is 32.2. The van der Waals surface area contributed by atoms with E-state index in [9.17, 15) is 9.00 Å². The number of carbonyl (C=O) groups is 1. The number of hydrogen-bond acceptors (Lipinski definition) is 3. The predicted molar refractivity (Wildman–Crippen MR) is 81.9 cm³/mol. The second-order valence-electron chi connectivity index (χ2n) is 7.17. The maximum Gasteiger partial charge on any atom is 0.151 e. The molecule has 0 radical (unpaired) electrons. The molecule has 4 aliphatic carbocycles. The molecule has 4 fully saturated rings. The lowest BCUT2D eigenvalue weighted by molar-refractivity contribution is -0.127. The topological polar surface area (TPSA) is 47.0 Å². The van der Waals surface area contributed by atoms with Crippen molar-refractivity contribution in [2.75, 3.05) is 5.75 Å². The summed E-state index contributed by atoms with van der Waals surface area (Å²) in [4.78, 5) is 17.0. The Hall–Kier alpha value is -1.03. The molecule has 3 nitrogen and oxygen atoms in total. The summed E-state index contributed by atoms with van der Waals surface area (Å²) in [5, 5.41) is 0. The Morgan fingerprint density at radius 1 is 1.24 bits per heavy atom. The molecule has 1 aromatic rings. The SMILES string of the molecule is O=C(CS(=O)Cc1ccccn1)C12CC3CC(CC1C3)C2. The summed E-state index contributed by atoms with van der Waals surface area (Å²) >= 11 is 0. The van der Waals surface area contributed by atoms with E-state index in [1.807, 2.05) is 18.2 Å². The second-order valence-corrected chi connectivity index (χ2v) is 8.63. The van der Waals surface area contributed by atoms with Gasteiger partial charge >= 0.3 is 0 Å². The fourth-order valence-electron chi connectivity index (χ4n) is 5.24. The van der Waals surface area contributed by atoms with Gasteiger partial charge in [0.1, 0.15) is 0 Å². The van der Waals surface area contributed by atoms with Crippen LogP contribution in [-0.2, 0) is 21.3 Å². The van der Waals surface area contributed by atoms with Crippen LogP contribution in [0.4, 0.5) is 0 Å². The standard InChI is InChI=1S/C17H21NO2S/c19-16(11-21(20)10-15-3-1-2-4-18-15)17-8-12-5-13(9-17)7-14(17)6-12/h1-4,12-14H,5-11H2. The van der Waals surface area contributed by atoms with Gasteiger partial charge < -0.3 is 0 Å². The Labute approximate surface area is 128 Å². The molecule has 0 aromatic carbocycles. The number of carbonyl (C=O) groups excluding carboxylic acids is 1. The highest BCUT2D eigenvalue weighted by Crippen LogP contribution is 2.65. The molecule has 4 saturated carbocycles. The van der Waals surface area contributed by atoms with Crippen molar-refractivity contribution in [1.29, 1.82) is 0 Å². The lowest BCUT2D eigenvalue weighted by atomic mass is 9.73. The van der Waals surface area contributed by atoms with Gasteiger partial charge in [-0.3, -0.25) is 14.0 Å². The molecule has 0 spiro atoms. The van der Waals surface area contributed by atoms with Crippen molar-refractivity contribution < 1.29 is 9.00 Å². The van der Waals surface area contributed by atoms with Crippen molar-refractivity contribution in [1.82, 2.24) is 4.98 Å². The Kier molecular flexibility index (Phi) is 3.25. The molecule has 4 bridgehead atoms. The Morgan fingerprint density at radius 2 is 2.00 bits per heavy atom. The lowest BCUT2D eigenvalue weighted by Crippen LogP contribution is -2.36. The van der Waals surface area contributed by atoms with Gasteiger partial charge in [0.2, 0.25) is 0 Å². The van der Waals surface area contributed by atoms with Gasteiger partial charge in [-0.15, -0.1) is 0 Å². The van der Waals surface area contributed by atoms with Crippen molar-refractivity contribution >= 4 is 16.6 Å². The fraction of sp³-hybridized carbons (Fsp3) is 0.647. The van der Waals surface area contributed by atoms with Crippen molar-refractivity contribution in [3.63, 3.8) is 0 Å². The maximum absolute atomic E-state index is 12.8. The summed E-state index contributed by atoms with van der Waals surface area (Å²) < 4.78 is 12.3. The normalized spacial score (nSPS) is 37.8. The Bertz CT molecular complexity index is 572. The van der Waals surface area contributed by atoms with Crippen LogP contribution in [0.1, 0.15) is 37.8 Å². The van der Waals surface area contributed by atoms with Crippen LogP contribution in [0, 0.1) is 23.2 Å². The number of ketones is 1. The molecule has 21 heavy (non-hydrogen) atoms. The summed E-state index contributed by atoms with van der Waals surface area (Å²) in [6.07, 6.45) is 7.69. The molecule has 4 heteroatoms. The first-order chi connectivity index (χ1) is 10.2. The first-order valence-corrected chi connectivity index (χ1v) is 9.43. The van der Waals surface area contributed by atoms with Crippen molar-refractivity contribution in [3.8, 4) is 0 Å². The molecule has 112 valence electrons. The maximum atomic E-state index is 12.8. The Morgan fingerprint density at radius 3 is 2.67 bits per heavy atom. The number of nitrogens with zero attached hydrogens (tertiary/aromatic N) is 1. The molecular formula is C17H21NO2S. The van der Waals surface area contributed by atoms with Crippen LogP contribution in [0.3, 0.4) is 0 Å². The van der Waals surface area contributed by atoms with Crippen LogP contribution < -0.4 is 0 Å². The molecular weight excluding hydrogens is 282 g/mol. The van der Waals surface area contributed by atoms with Gasteiger partial charge in [0.15, 0.2) is 5.78 Å². The molecule has 0 aliphatic heterocycles. The van der Waals surface area contributed by atoms with Crippen molar-refractivity contribution in [2.45, 2.75) is 37.9 Å². The number of Topliss-reactive ketones (excluding diaryl/α,β-unsaturated/α-hetero) is 1. The molecule has 0 saturated heterocycles. The minimum Gasteiger partial charge on any atom is -0.298 e. The first-order valence-electron chi connectivity index (χ1n) is 7.94. The highest BCUT2D eigenvalue weighted by molar-refractivity contribution is 7.84. The number of hydrogen-bond donors (Lipinski definition) is 0. The third kappa shape index (κ3) is 2.28. The lowest BCUT2D eigenvalue weighted by Gasteiger charge is -2.31. The summed E-state index contributed by atoms with van der Waals surface area (Å²) in [5.74, 6) is 3.06. The average Bonchev–Trinajstić information content (AvgIpc) is 2.86. The van der Waals surface area contributed by atoms with E-state index in [0.29, 0.717) is 11.7 Å². The molecule has 0 N–H and O–H groups in total. The fourth-order valence-corrected chi connectivity index (χ4v) is 6.42. The van der Waals surface area contributed by atoms with E-state index < -0.39 is 10.8 Å². The minimum atomic E-state index is -1.12. The molecule has 3 atom stereocenters. The van der Waals surface area contributed by atoms with Gasteiger partial charge in [-0.1, -0.05) is 6.07 Å². The van der Waals surface area contributed by atoms with Gasteiger partial charge in [-0.2, -0.15) is 0 Å². The first kappa shape index (κ1) is 13.6. The third-order valence-electron chi connectivity index (χ3n) is 5.87. The van der Waals surface area contributed by atoms with Crippen LogP contribution in [0.5, 0.6) is 0 Å². The summed E-state index contributed by atoms with van der Waals surface area (Å²) in [5.41, 5.74) is 0.728. The van der Waals surface area contributed by atoms with Crippen LogP contribution >= 0.6 is 0 Å². The van der Waals surface area contributed by atoms with E-state index in [2.05, 4.69) is 4.98 Å². The zero-order valence-electron chi connectivity index (χ0n) is 12.2. The van der Waals surface area contributed by atoms with Gasteiger partial charge in [-0.05, 0) is 62.0 Å². The molecule has 0 amide bonds. The largest absolute Gasteiger partial charge is 0.298 e. The minimum absolute atomic E-state index is 0.0899. The van der Waals surface area contributed by atoms with Crippen LogP contribution in [0.25, 0.3) is 0 Å². The average molecular weight is 303 g/mol. The highest BCUT2D eigenvalue weighted by Gasteiger charge is 2.60. The van der Waals surface area contributed by atoms with Gasteiger partial charge in [-0.25, -0.2) is 0 Å². The van der Waals surface area contributed by atoms with Gasteiger partial charge in [0.25, 0.3) is 0 Å². The number of pyridine rings is 1. The van der Waals surface area contributed by atoms with E-state index in [0.717, 1.165) is 30.4 Å². The molecule has 4 aliphatic rings. The van der Waals surface area contributed by atoms with Crippen LogP contribution in [-0.4, -0.2) is 20.7 Å². The van der Waals surface area contributed by atoms with Crippen molar-refractivity contribution in [3.05, 3.63) is 30.1 Å². The van der Waals surface area contributed by atoms with Gasteiger partial charge in [0, 0.05) is 22.4 Å². The van der Waals surface area contributed by atoms with Gasteiger partial charge in [0.05, 0.1) is 17.2 Å². The number of aromatic nitrogens is 1. The smallest absolute Gasteiger partial charge is 0.151 e. The summed E-state index contributed by atoms with van der Waals surface area (Å²) in [6.45, 7) is 0. The van der Waals surface area contributed by atoms with E-state index in [-0.39, 0.29) is 17.0 Å². The molecule has 1 aromatic heterocycles. The Balaban J connectivity index is 1.43. The molecule has 3 unspecified atom stereocenters. The summed E-state index contributed by atoms with van der Waals surface area (Å²) in [6, 6.07) is 5.63. The van der Waals surface area contributed by atoms with E-state index in [4.69, 9.17) is 0 Å². The zero-order valence-corrected chi connectivity index (χ0v) is 13.0. The van der Waals surface area contributed by atoms with Crippen LogP contribution in [0.15, 0.2) is 24.4 Å². The van der Waals surface area contributed by atoms with E-state index in [1.54, 1.807) is 6.20 Å². The monoisotopic (exact) mass is 303 g/mol. The zero-order chi connectivity index (χ0) is 14.4. The van der Waals surface area contributed by atoms with Crippen LogP contribution in [0.2, 0.25) is 0 Å². The second kappa shape index (κ2) is 5.01. The predicted octanol–water partition coefficient (Wildman–Crippen LogP) is 2.73. The third-order valence-corrected chi connectivity index (χ3v) is 7.07. The van der Waals surface area contributed by atoms with Crippen molar-refractivity contribution in [2.24, 2.45) is 23.2 Å².